The number of nitrogens with one attached hydrogen (secondary N) is 1. The van der Waals surface area contributed by atoms with Crippen LogP contribution in [0, 0.1) is 6.92 Å². The third kappa shape index (κ3) is 5.14. The molecule has 1 atom stereocenters. The van der Waals surface area contributed by atoms with Gasteiger partial charge in [0.05, 0.1) is 24.7 Å². The van der Waals surface area contributed by atoms with E-state index in [1.54, 1.807) is 49.4 Å². The molecule has 1 amide bonds. The number of hydrogen-bond acceptors (Lipinski definition) is 4. The van der Waals surface area contributed by atoms with Gasteiger partial charge in [0.15, 0.2) is 0 Å². The summed E-state index contributed by atoms with van der Waals surface area (Å²) in [5.74, 6) is -0.0343. The van der Waals surface area contributed by atoms with E-state index in [-0.39, 0.29) is 6.42 Å². The average molecular weight is 411 g/mol. The SMILES string of the molecule is CC[C@H](C(=O)Nc1cc(Cl)ccc1OC)N(c1ccc(C)cc1)S(C)(=O)=O. The van der Waals surface area contributed by atoms with Gasteiger partial charge in [0.2, 0.25) is 15.9 Å². The van der Waals surface area contributed by atoms with Gasteiger partial charge in [-0.15, -0.1) is 0 Å². The van der Waals surface area contributed by atoms with Gasteiger partial charge in [0.25, 0.3) is 0 Å². The Morgan fingerprint density at radius 1 is 1.22 bits per heavy atom. The molecule has 0 saturated carbocycles. The molecule has 0 aliphatic carbocycles. The number of amides is 1. The molecule has 0 heterocycles. The Morgan fingerprint density at radius 3 is 2.37 bits per heavy atom. The van der Waals surface area contributed by atoms with Crippen LogP contribution in [0.1, 0.15) is 18.9 Å². The summed E-state index contributed by atoms with van der Waals surface area (Å²) in [6.45, 7) is 3.66. The van der Waals surface area contributed by atoms with Crippen molar-refractivity contribution < 1.29 is 17.9 Å². The van der Waals surface area contributed by atoms with Gasteiger partial charge in [0.1, 0.15) is 11.8 Å². The summed E-state index contributed by atoms with van der Waals surface area (Å²) in [5, 5.41) is 3.16. The third-order valence-corrected chi connectivity index (χ3v) is 5.45. The number of aryl methyl sites for hydroxylation is 1. The zero-order valence-corrected chi connectivity index (χ0v) is 17.3. The monoisotopic (exact) mass is 410 g/mol. The van der Waals surface area contributed by atoms with Gasteiger partial charge >= 0.3 is 0 Å². The Hall–Kier alpha value is -2.25. The highest BCUT2D eigenvalue weighted by molar-refractivity contribution is 7.92. The Balaban J connectivity index is 2.41. The number of carbonyl (C=O) groups excluding carboxylic acids is 1. The second-order valence-electron chi connectivity index (χ2n) is 6.15. The van der Waals surface area contributed by atoms with Crippen molar-refractivity contribution in [2.24, 2.45) is 0 Å². The molecule has 0 radical (unpaired) electrons. The predicted octanol–water partition coefficient (Wildman–Crippen LogP) is 3.84. The molecule has 27 heavy (non-hydrogen) atoms. The van der Waals surface area contributed by atoms with E-state index < -0.39 is 22.0 Å². The number of ether oxygens (including phenoxy) is 1. The Kier molecular flexibility index (Phi) is 6.73. The van der Waals surface area contributed by atoms with E-state index in [1.807, 2.05) is 6.92 Å². The molecular weight excluding hydrogens is 388 g/mol. The molecular formula is C19H23ClN2O4S. The highest BCUT2D eigenvalue weighted by atomic mass is 35.5. The third-order valence-electron chi connectivity index (χ3n) is 4.04. The van der Waals surface area contributed by atoms with Crippen LogP contribution < -0.4 is 14.4 Å². The van der Waals surface area contributed by atoms with Crippen LogP contribution in [0.4, 0.5) is 11.4 Å². The lowest BCUT2D eigenvalue weighted by Crippen LogP contribution is -2.47. The number of sulfonamides is 1. The van der Waals surface area contributed by atoms with E-state index in [1.165, 1.54) is 7.11 Å². The van der Waals surface area contributed by atoms with Gasteiger partial charge in [-0.25, -0.2) is 8.42 Å². The van der Waals surface area contributed by atoms with Crippen molar-refractivity contribution >= 4 is 38.9 Å². The minimum atomic E-state index is -3.69. The number of rotatable bonds is 7. The second-order valence-corrected chi connectivity index (χ2v) is 8.45. The molecule has 0 aliphatic heterocycles. The molecule has 6 nitrogen and oxygen atoms in total. The predicted molar refractivity (Wildman–Crippen MR) is 109 cm³/mol. The summed E-state index contributed by atoms with van der Waals surface area (Å²) in [5.41, 5.74) is 1.81. The molecule has 8 heteroatoms. The zero-order chi connectivity index (χ0) is 20.2. The maximum atomic E-state index is 12.9. The molecule has 0 unspecified atom stereocenters. The standard InChI is InChI=1S/C19H23ClN2O4S/c1-5-17(19(23)21-16-12-14(20)8-11-18(16)26-3)22(27(4,24)25)15-9-6-13(2)7-10-15/h6-12,17H,5H2,1-4H3,(H,21,23)/t17-/m1/s1. The first-order chi connectivity index (χ1) is 12.7. The number of hydrogen-bond donors (Lipinski definition) is 1. The first kappa shape index (κ1) is 21.1. The van der Waals surface area contributed by atoms with Crippen LogP contribution in [0.15, 0.2) is 42.5 Å². The van der Waals surface area contributed by atoms with Crippen LogP contribution in [0.25, 0.3) is 0 Å². The van der Waals surface area contributed by atoms with Gasteiger partial charge in [-0.2, -0.15) is 0 Å². The molecule has 0 aliphatic rings. The lowest BCUT2D eigenvalue weighted by atomic mass is 10.1. The molecule has 2 aromatic carbocycles. The van der Waals surface area contributed by atoms with Gasteiger partial charge in [-0.1, -0.05) is 36.2 Å². The Morgan fingerprint density at radius 2 is 1.85 bits per heavy atom. The van der Waals surface area contributed by atoms with Crippen molar-refractivity contribution in [3.05, 3.63) is 53.1 Å². The smallest absolute Gasteiger partial charge is 0.248 e. The van der Waals surface area contributed by atoms with Crippen LogP contribution in [0.2, 0.25) is 5.02 Å². The van der Waals surface area contributed by atoms with Crippen molar-refractivity contribution in [2.45, 2.75) is 26.3 Å². The largest absolute Gasteiger partial charge is 0.495 e. The topological polar surface area (TPSA) is 75.7 Å². The quantitative estimate of drug-likeness (QED) is 0.752. The molecule has 0 saturated heterocycles. The normalized spacial score (nSPS) is 12.3. The van der Waals surface area contributed by atoms with E-state index in [9.17, 15) is 13.2 Å². The van der Waals surface area contributed by atoms with Crippen molar-refractivity contribution in [3.8, 4) is 5.75 Å². The molecule has 146 valence electrons. The molecule has 0 spiro atoms. The van der Waals surface area contributed by atoms with Crippen molar-refractivity contribution in [1.29, 1.82) is 0 Å². The van der Waals surface area contributed by atoms with Crippen molar-refractivity contribution in [2.75, 3.05) is 23.0 Å². The number of anilines is 2. The first-order valence-corrected chi connectivity index (χ1v) is 10.6. The molecule has 0 aromatic heterocycles. The summed E-state index contributed by atoms with van der Waals surface area (Å²) < 4.78 is 31.3. The van der Waals surface area contributed by atoms with E-state index in [0.29, 0.717) is 22.1 Å². The Labute approximate surface area is 165 Å². The van der Waals surface area contributed by atoms with Gasteiger partial charge in [0, 0.05) is 5.02 Å². The number of methoxy groups -OCH3 is 1. The lowest BCUT2D eigenvalue weighted by Gasteiger charge is -2.30. The number of halogens is 1. The maximum absolute atomic E-state index is 12.9. The fourth-order valence-corrected chi connectivity index (χ4v) is 4.13. The highest BCUT2D eigenvalue weighted by Crippen LogP contribution is 2.29. The van der Waals surface area contributed by atoms with Crippen molar-refractivity contribution in [3.63, 3.8) is 0 Å². The maximum Gasteiger partial charge on any atom is 0.248 e. The minimum Gasteiger partial charge on any atom is -0.495 e. The van der Waals surface area contributed by atoms with Crippen LogP contribution in [0.3, 0.4) is 0 Å². The fourth-order valence-electron chi connectivity index (χ4n) is 2.75. The average Bonchev–Trinajstić information content (AvgIpc) is 2.59. The van der Waals surface area contributed by atoms with E-state index in [4.69, 9.17) is 16.3 Å². The fraction of sp³-hybridized carbons (Fsp3) is 0.316. The summed E-state index contributed by atoms with van der Waals surface area (Å²) in [6, 6.07) is 10.9. The summed E-state index contributed by atoms with van der Waals surface area (Å²) >= 11 is 6.00. The Bertz CT molecular complexity index is 914. The lowest BCUT2D eigenvalue weighted by molar-refractivity contribution is -0.117. The van der Waals surface area contributed by atoms with Gasteiger partial charge < -0.3 is 10.1 Å². The highest BCUT2D eigenvalue weighted by Gasteiger charge is 2.31. The zero-order valence-electron chi connectivity index (χ0n) is 15.7. The first-order valence-electron chi connectivity index (χ1n) is 8.37. The molecule has 2 rings (SSSR count). The molecule has 1 N–H and O–H groups in total. The second kappa shape index (κ2) is 8.63. The van der Waals surface area contributed by atoms with Crippen LogP contribution in [-0.2, 0) is 14.8 Å². The van der Waals surface area contributed by atoms with Gasteiger partial charge in [-0.05, 0) is 43.7 Å². The minimum absolute atomic E-state index is 0.287. The molecule has 0 fully saturated rings. The van der Waals surface area contributed by atoms with E-state index in [0.717, 1.165) is 16.1 Å². The van der Waals surface area contributed by atoms with Gasteiger partial charge in [-0.3, -0.25) is 9.10 Å². The number of nitrogens with zero attached hydrogens (tertiary/aromatic N) is 1. The summed E-state index contributed by atoms with van der Waals surface area (Å²) in [6.07, 6.45) is 1.37. The number of benzene rings is 2. The van der Waals surface area contributed by atoms with E-state index in [2.05, 4.69) is 5.32 Å². The summed E-state index contributed by atoms with van der Waals surface area (Å²) in [7, 11) is -2.21. The number of carbonyl (C=O) groups is 1. The van der Waals surface area contributed by atoms with Crippen LogP contribution in [-0.4, -0.2) is 33.7 Å². The molecule has 0 bridgehead atoms. The van der Waals surface area contributed by atoms with Crippen molar-refractivity contribution in [1.82, 2.24) is 0 Å². The molecule has 2 aromatic rings. The summed E-state index contributed by atoms with van der Waals surface area (Å²) in [4.78, 5) is 12.9. The van der Waals surface area contributed by atoms with Crippen LogP contribution in [0.5, 0.6) is 5.75 Å². The van der Waals surface area contributed by atoms with Crippen LogP contribution >= 0.6 is 11.6 Å². The van der Waals surface area contributed by atoms with E-state index >= 15 is 0 Å².